The van der Waals surface area contributed by atoms with E-state index in [1.165, 1.54) is 0 Å². The van der Waals surface area contributed by atoms with Gasteiger partial charge in [0, 0.05) is 0 Å². The third-order valence-electron chi connectivity index (χ3n) is 1.37. The minimum atomic E-state index is -3.82. The molecule has 0 saturated heterocycles. The predicted octanol–water partition coefficient (Wildman–Crippen LogP) is -0.0720. The van der Waals surface area contributed by atoms with E-state index in [0.29, 0.717) is 11.0 Å². The molecule has 5 heteroatoms. The molecule has 0 aromatic rings. The Morgan fingerprint density at radius 2 is 1.80 bits per heavy atom. The SMILES string of the molecule is CC[N+](C)(C)CS(=O)(=O)O. The number of nitrogens with zero attached hydrogens (tertiary/aromatic N) is 1. The fraction of sp³-hybridized carbons (Fsp3) is 1.00. The Morgan fingerprint density at radius 3 is 1.90 bits per heavy atom. The molecule has 0 aromatic heterocycles. The molecule has 1 N–H and O–H groups in total. The van der Waals surface area contributed by atoms with Crippen LogP contribution in [0.15, 0.2) is 0 Å². The zero-order valence-corrected chi connectivity index (χ0v) is 7.35. The average Bonchev–Trinajstić information content (AvgIpc) is 1.60. The summed E-state index contributed by atoms with van der Waals surface area (Å²) in [5.41, 5.74) is 0. The van der Waals surface area contributed by atoms with Crippen molar-refractivity contribution in [3.8, 4) is 0 Å². The smallest absolute Gasteiger partial charge is 0.314 e. The van der Waals surface area contributed by atoms with Gasteiger partial charge in [-0.25, -0.2) is 0 Å². The standard InChI is InChI=1S/C5H13NO3S/c1-4-6(2,3)5-10(7,8)9/h4-5H2,1-3H3/p+1. The molecule has 0 aliphatic carbocycles. The van der Waals surface area contributed by atoms with Crippen LogP contribution >= 0.6 is 0 Å². The van der Waals surface area contributed by atoms with Gasteiger partial charge in [-0.1, -0.05) is 0 Å². The van der Waals surface area contributed by atoms with Crippen LogP contribution in [0.2, 0.25) is 0 Å². The summed E-state index contributed by atoms with van der Waals surface area (Å²) >= 11 is 0. The molecule has 0 amide bonds. The lowest BCUT2D eigenvalue weighted by Gasteiger charge is -2.25. The largest absolute Gasteiger partial charge is 0.316 e. The number of quaternary nitrogens is 1. The molecule has 4 nitrogen and oxygen atoms in total. The first-order chi connectivity index (χ1) is 4.27. The highest BCUT2D eigenvalue weighted by atomic mass is 32.2. The van der Waals surface area contributed by atoms with Crippen LogP contribution in [0, 0.1) is 0 Å². The van der Waals surface area contributed by atoms with E-state index in [0.717, 1.165) is 0 Å². The lowest BCUT2D eigenvalue weighted by molar-refractivity contribution is -0.876. The monoisotopic (exact) mass is 168 g/mol. The summed E-state index contributed by atoms with van der Waals surface area (Å²) in [4.78, 5) is 0. The van der Waals surface area contributed by atoms with Gasteiger partial charge >= 0.3 is 10.1 Å². The molecule has 0 atom stereocenters. The summed E-state index contributed by atoms with van der Waals surface area (Å²) in [6, 6.07) is 0. The Labute approximate surface area is 61.8 Å². The van der Waals surface area contributed by atoms with Crippen molar-refractivity contribution in [3.05, 3.63) is 0 Å². The molecule has 62 valence electrons. The first kappa shape index (κ1) is 9.87. The van der Waals surface area contributed by atoms with E-state index >= 15 is 0 Å². The first-order valence-corrected chi connectivity index (χ1v) is 4.65. The number of hydrogen-bond acceptors (Lipinski definition) is 2. The molecular formula is C5H14NO3S+. The average molecular weight is 168 g/mol. The van der Waals surface area contributed by atoms with E-state index in [1.54, 1.807) is 14.1 Å². The van der Waals surface area contributed by atoms with Gasteiger partial charge in [0.05, 0.1) is 20.6 Å². The lowest BCUT2D eigenvalue weighted by Crippen LogP contribution is -2.43. The normalized spacial score (nSPS) is 13.6. The van der Waals surface area contributed by atoms with E-state index in [9.17, 15) is 8.42 Å². The molecule has 0 rings (SSSR count). The topological polar surface area (TPSA) is 54.4 Å². The highest BCUT2D eigenvalue weighted by Crippen LogP contribution is 1.98. The van der Waals surface area contributed by atoms with Gasteiger partial charge in [-0.05, 0) is 6.92 Å². The van der Waals surface area contributed by atoms with E-state index in [-0.39, 0.29) is 5.88 Å². The van der Waals surface area contributed by atoms with Crippen LogP contribution in [0.4, 0.5) is 0 Å². The van der Waals surface area contributed by atoms with Crippen LogP contribution in [0.25, 0.3) is 0 Å². The molecule has 0 aliphatic heterocycles. The second-order valence-electron chi connectivity index (χ2n) is 2.96. The fourth-order valence-corrected chi connectivity index (χ4v) is 1.60. The first-order valence-electron chi connectivity index (χ1n) is 3.04. The Kier molecular flexibility index (Phi) is 2.82. The number of hydrogen-bond donors (Lipinski definition) is 1. The van der Waals surface area contributed by atoms with Crippen LogP contribution in [0.3, 0.4) is 0 Å². The van der Waals surface area contributed by atoms with Gasteiger partial charge < -0.3 is 4.48 Å². The van der Waals surface area contributed by atoms with Crippen LogP contribution in [-0.2, 0) is 10.1 Å². The third kappa shape index (κ3) is 4.72. The van der Waals surface area contributed by atoms with E-state index < -0.39 is 10.1 Å². The molecule has 0 unspecified atom stereocenters. The highest BCUT2D eigenvalue weighted by Gasteiger charge is 2.20. The van der Waals surface area contributed by atoms with Crippen molar-refractivity contribution in [1.29, 1.82) is 0 Å². The Balaban J connectivity index is 4.16. The molecular weight excluding hydrogens is 154 g/mol. The zero-order valence-electron chi connectivity index (χ0n) is 6.53. The molecule has 0 aromatic carbocycles. The van der Waals surface area contributed by atoms with Gasteiger partial charge in [0.1, 0.15) is 0 Å². The minimum absolute atomic E-state index is 0.219. The van der Waals surface area contributed by atoms with Crippen LogP contribution in [0.1, 0.15) is 6.92 Å². The zero-order chi connectivity index (χ0) is 8.41. The van der Waals surface area contributed by atoms with E-state index in [1.807, 2.05) is 6.92 Å². The molecule has 0 spiro atoms. The molecule has 0 radical (unpaired) electrons. The maximum absolute atomic E-state index is 10.3. The second kappa shape index (κ2) is 2.86. The van der Waals surface area contributed by atoms with E-state index in [4.69, 9.17) is 4.55 Å². The van der Waals surface area contributed by atoms with Gasteiger partial charge in [-0.3, -0.25) is 4.55 Å². The van der Waals surface area contributed by atoms with Crippen LogP contribution in [0.5, 0.6) is 0 Å². The van der Waals surface area contributed by atoms with Crippen molar-refractivity contribution in [1.82, 2.24) is 0 Å². The maximum Gasteiger partial charge on any atom is 0.316 e. The van der Waals surface area contributed by atoms with Crippen molar-refractivity contribution < 1.29 is 17.5 Å². The molecule has 0 heterocycles. The Morgan fingerprint density at radius 1 is 1.40 bits per heavy atom. The Bertz CT molecular complexity index is 195. The van der Waals surface area contributed by atoms with Crippen molar-refractivity contribution in [3.63, 3.8) is 0 Å². The third-order valence-corrected chi connectivity index (χ3v) is 2.39. The van der Waals surface area contributed by atoms with Crippen molar-refractivity contribution >= 4 is 10.1 Å². The maximum atomic E-state index is 10.3. The summed E-state index contributed by atoms with van der Waals surface area (Å²) in [6.07, 6.45) is 0. The second-order valence-corrected chi connectivity index (χ2v) is 4.39. The van der Waals surface area contributed by atoms with Gasteiger partial charge in [-0.15, -0.1) is 0 Å². The van der Waals surface area contributed by atoms with Crippen molar-refractivity contribution in [2.24, 2.45) is 0 Å². The van der Waals surface area contributed by atoms with Crippen LogP contribution in [-0.4, -0.2) is 44.0 Å². The summed E-state index contributed by atoms with van der Waals surface area (Å²) in [6.45, 7) is 2.55. The van der Waals surface area contributed by atoms with Crippen molar-refractivity contribution in [2.75, 3.05) is 26.5 Å². The fourth-order valence-electron chi connectivity index (χ4n) is 0.533. The molecule has 10 heavy (non-hydrogen) atoms. The van der Waals surface area contributed by atoms with Crippen molar-refractivity contribution in [2.45, 2.75) is 6.92 Å². The predicted molar refractivity (Wildman–Crippen MR) is 39.1 cm³/mol. The summed E-state index contributed by atoms with van der Waals surface area (Å²) in [5, 5.41) is 0. The van der Waals surface area contributed by atoms with E-state index in [2.05, 4.69) is 0 Å². The highest BCUT2D eigenvalue weighted by molar-refractivity contribution is 7.85. The van der Waals surface area contributed by atoms with Gasteiger partial charge in [0.15, 0.2) is 0 Å². The summed E-state index contributed by atoms with van der Waals surface area (Å²) in [7, 11) is -0.334. The van der Waals surface area contributed by atoms with Gasteiger partial charge in [-0.2, -0.15) is 8.42 Å². The summed E-state index contributed by atoms with van der Waals surface area (Å²) in [5.74, 6) is -0.219. The molecule has 0 saturated carbocycles. The lowest BCUT2D eigenvalue weighted by atomic mass is 10.6. The van der Waals surface area contributed by atoms with Gasteiger partial charge in [0.2, 0.25) is 5.88 Å². The minimum Gasteiger partial charge on any atom is -0.314 e. The molecule has 0 fully saturated rings. The quantitative estimate of drug-likeness (QED) is 0.474. The number of rotatable bonds is 3. The summed E-state index contributed by atoms with van der Waals surface area (Å²) < 4.78 is 29.4. The van der Waals surface area contributed by atoms with Crippen LogP contribution < -0.4 is 0 Å². The molecule has 0 aliphatic rings. The Hall–Kier alpha value is -0.130. The molecule has 0 bridgehead atoms. The van der Waals surface area contributed by atoms with Gasteiger partial charge in [0.25, 0.3) is 0 Å².